The zero-order valence-electron chi connectivity index (χ0n) is 10.3. The molecule has 5 nitrogen and oxygen atoms in total. The van der Waals surface area contributed by atoms with Gasteiger partial charge in [-0.1, -0.05) is 18.5 Å². The van der Waals surface area contributed by atoms with Crippen LogP contribution in [0.5, 0.6) is 0 Å². The fraction of sp³-hybridized carbons (Fsp3) is 0.833. The van der Waals surface area contributed by atoms with E-state index in [1.807, 2.05) is 6.92 Å². The fourth-order valence-corrected chi connectivity index (χ4v) is 3.16. The summed E-state index contributed by atoms with van der Waals surface area (Å²) in [7, 11) is 0. The molecule has 96 valence electrons. The molecule has 3 N–H and O–H groups in total. The van der Waals surface area contributed by atoms with Crippen molar-refractivity contribution in [2.24, 2.45) is 28.6 Å². The van der Waals surface area contributed by atoms with Crippen LogP contribution in [0.2, 0.25) is 0 Å². The molecule has 0 aromatic heterocycles. The second-order valence-electron chi connectivity index (χ2n) is 5.14. The molecule has 0 radical (unpaired) electrons. The van der Waals surface area contributed by atoms with Crippen LogP contribution in [0.3, 0.4) is 0 Å². The number of rotatable bonds is 5. The maximum absolute atomic E-state index is 12.3. The van der Waals surface area contributed by atoms with Crippen LogP contribution in [0.15, 0.2) is 5.16 Å². The molecule has 0 aliphatic heterocycles. The molecule has 2 unspecified atom stereocenters. The molecule has 0 aromatic rings. The molecule has 2 aliphatic carbocycles. The summed E-state index contributed by atoms with van der Waals surface area (Å²) in [6.45, 7) is 2.96. The normalized spacial score (nSPS) is 31.1. The molecule has 17 heavy (non-hydrogen) atoms. The van der Waals surface area contributed by atoms with Gasteiger partial charge in [0.25, 0.3) is 0 Å². The summed E-state index contributed by atoms with van der Waals surface area (Å²) in [6.07, 6.45) is 4.56. The number of amides is 1. The lowest BCUT2D eigenvalue weighted by Crippen LogP contribution is -2.40. The molecular formula is C12H21N3O2. The van der Waals surface area contributed by atoms with Gasteiger partial charge in [-0.05, 0) is 31.1 Å². The number of nitrogens with zero attached hydrogens (tertiary/aromatic N) is 2. The van der Waals surface area contributed by atoms with Crippen molar-refractivity contribution in [1.82, 2.24) is 4.90 Å². The van der Waals surface area contributed by atoms with E-state index in [9.17, 15) is 4.79 Å². The summed E-state index contributed by atoms with van der Waals surface area (Å²) >= 11 is 0. The van der Waals surface area contributed by atoms with Crippen molar-refractivity contribution < 1.29 is 10.0 Å². The highest BCUT2D eigenvalue weighted by Crippen LogP contribution is 2.58. The van der Waals surface area contributed by atoms with Crippen molar-refractivity contribution in [3.8, 4) is 0 Å². The van der Waals surface area contributed by atoms with Crippen molar-refractivity contribution in [3.05, 3.63) is 0 Å². The van der Waals surface area contributed by atoms with E-state index in [2.05, 4.69) is 5.16 Å². The highest BCUT2D eigenvalue weighted by molar-refractivity contribution is 5.89. The Morgan fingerprint density at radius 3 is 2.65 bits per heavy atom. The molecule has 2 aliphatic rings. The van der Waals surface area contributed by atoms with Crippen LogP contribution >= 0.6 is 0 Å². The van der Waals surface area contributed by atoms with Gasteiger partial charge >= 0.3 is 0 Å². The van der Waals surface area contributed by atoms with Gasteiger partial charge in [0.1, 0.15) is 0 Å². The summed E-state index contributed by atoms with van der Waals surface area (Å²) in [4.78, 5) is 14.0. The minimum absolute atomic E-state index is 0.109. The predicted molar refractivity (Wildman–Crippen MR) is 64.6 cm³/mol. The van der Waals surface area contributed by atoms with E-state index >= 15 is 0 Å². The SMILES string of the molecule is CCCN(CC(N)=NO)C(=O)C1C2CCCC21. The van der Waals surface area contributed by atoms with E-state index < -0.39 is 0 Å². The molecule has 0 spiro atoms. The molecule has 2 saturated carbocycles. The zero-order valence-corrected chi connectivity index (χ0v) is 10.3. The fourth-order valence-electron chi connectivity index (χ4n) is 3.16. The van der Waals surface area contributed by atoms with Gasteiger partial charge in [-0.2, -0.15) is 0 Å². The number of hydrogen-bond donors (Lipinski definition) is 2. The summed E-state index contributed by atoms with van der Waals surface area (Å²) in [5.41, 5.74) is 5.48. The monoisotopic (exact) mass is 239 g/mol. The van der Waals surface area contributed by atoms with Gasteiger partial charge in [-0.25, -0.2) is 0 Å². The summed E-state index contributed by atoms with van der Waals surface area (Å²) in [5, 5.41) is 11.5. The molecule has 0 saturated heterocycles. The molecular weight excluding hydrogens is 218 g/mol. The number of hydrogen-bond acceptors (Lipinski definition) is 3. The Bertz CT molecular complexity index is 320. The highest BCUT2D eigenvalue weighted by Gasteiger charge is 2.57. The average molecular weight is 239 g/mol. The molecule has 1 amide bonds. The van der Waals surface area contributed by atoms with Crippen molar-refractivity contribution in [3.63, 3.8) is 0 Å². The van der Waals surface area contributed by atoms with E-state index in [-0.39, 0.29) is 24.2 Å². The molecule has 2 fully saturated rings. The van der Waals surface area contributed by atoms with Crippen LogP contribution in [0, 0.1) is 17.8 Å². The molecule has 0 bridgehead atoms. The first kappa shape index (κ1) is 12.2. The second-order valence-corrected chi connectivity index (χ2v) is 5.14. The molecule has 2 rings (SSSR count). The first-order chi connectivity index (χ1) is 8.19. The minimum Gasteiger partial charge on any atom is -0.409 e. The van der Waals surface area contributed by atoms with Gasteiger partial charge in [0.2, 0.25) is 5.91 Å². The number of carbonyl (C=O) groups excluding carboxylic acids is 1. The topological polar surface area (TPSA) is 78.9 Å². The molecule has 0 aromatic carbocycles. The van der Waals surface area contributed by atoms with Gasteiger partial charge in [0.05, 0.1) is 6.54 Å². The minimum atomic E-state index is 0.109. The van der Waals surface area contributed by atoms with Crippen molar-refractivity contribution in [2.45, 2.75) is 32.6 Å². The first-order valence-corrected chi connectivity index (χ1v) is 6.44. The highest BCUT2D eigenvalue weighted by atomic mass is 16.4. The van der Waals surface area contributed by atoms with E-state index in [1.165, 1.54) is 19.3 Å². The van der Waals surface area contributed by atoms with Gasteiger partial charge in [0, 0.05) is 12.5 Å². The summed E-state index contributed by atoms with van der Waals surface area (Å²) in [6, 6.07) is 0. The van der Waals surface area contributed by atoms with Crippen LogP contribution in [-0.4, -0.2) is 34.9 Å². The van der Waals surface area contributed by atoms with Crippen LogP contribution < -0.4 is 5.73 Å². The van der Waals surface area contributed by atoms with Crippen molar-refractivity contribution in [1.29, 1.82) is 0 Å². The quantitative estimate of drug-likeness (QED) is 0.325. The molecule has 5 heteroatoms. The largest absolute Gasteiger partial charge is 0.409 e. The van der Waals surface area contributed by atoms with Gasteiger partial charge < -0.3 is 15.8 Å². The lowest BCUT2D eigenvalue weighted by atomic mass is 10.1. The predicted octanol–water partition coefficient (Wildman–Crippen LogP) is 1.02. The van der Waals surface area contributed by atoms with Crippen molar-refractivity contribution >= 4 is 11.7 Å². The van der Waals surface area contributed by atoms with E-state index in [0.717, 1.165) is 6.42 Å². The summed E-state index contributed by atoms with van der Waals surface area (Å²) in [5.74, 6) is 1.77. The van der Waals surface area contributed by atoms with Gasteiger partial charge in [-0.3, -0.25) is 4.79 Å². The maximum atomic E-state index is 12.3. The van der Waals surface area contributed by atoms with E-state index in [4.69, 9.17) is 10.9 Å². The Labute approximate surface area is 102 Å². The Hall–Kier alpha value is -1.26. The number of oxime groups is 1. The smallest absolute Gasteiger partial charge is 0.226 e. The summed E-state index contributed by atoms with van der Waals surface area (Å²) < 4.78 is 0. The van der Waals surface area contributed by atoms with Crippen molar-refractivity contribution in [2.75, 3.05) is 13.1 Å². The van der Waals surface area contributed by atoms with Crippen LogP contribution in [-0.2, 0) is 4.79 Å². The lowest BCUT2D eigenvalue weighted by molar-refractivity contribution is -0.132. The van der Waals surface area contributed by atoms with Crippen LogP contribution in [0.4, 0.5) is 0 Å². The van der Waals surface area contributed by atoms with Gasteiger partial charge in [0.15, 0.2) is 5.84 Å². The number of nitrogens with two attached hydrogens (primary N) is 1. The third-order valence-corrected chi connectivity index (χ3v) is 3.98. The Morgan fingerprint density at radius 1 is 1.47 bits per heavy atom. The van der Waals surface area contributed by atoms with E-state index in [1.54, 1.807) is 4.90 Å². The van der Waals surface area contributed by atoms with Gasteiger partial charge in [-0.15, -0.1) is 0 Å². The third kappa shape index (κ3) is 2.37. The van der Waals surface area contributed by atoms with Crippen LogP contribution in [0.1, 0.15) is 32.6 Å². The Kier molecular flexibility index (Phi) is 3.54. The lowest BCUT2D eigenvalue weighted by Gasteiger charge is -2.22. The third-order valence-electron chi connectivity index (χ3n) is 3.98. The Balaban J connectivity index is 1.94. The first-order valence-electron chi connectivity index (χ1n) is 6.44. The number of fused-ring (bicyclic) bond motifs is 1. The van der Waals surface area contributed by atoms with E-state index in [0.29, 0.717) is 18.4 Å². The molecule has 2 atom stereocenters. The average Bonchev–Trinajstić information content (AvgIpc) is 2.80. The number of carbonyl (C=O) groups is 1. The Morgan fingerprint density at radius 2 is 2.12 bits per heavy atom. The molecule has 0 heterocycles. The standard InChI is InChI=1S/C12H21N3O2/c1-2-6-15(7-10(13)14-17)12(16)11-8-4-3-5-9(8)11/h8-9,11,17H,2-7H2,1H3,(H2,13,14). The number of amidine groups is 1. The van der Waals surface area contributed by atoms with Crippen LogP contribution in [0.25, 0.3) is 0 Å². The zero-order chi connectivity index (χ0) is 12.4. The second kappa shape index (κ2) is 4.94. The maximum Gasteiger partial charge on any atom is 0.226 e.